The number of hydrogen-bond donors (Lipinski definition) is 0. The van der Waals surface area contributed by atoms with E-state index in [1.54, 1.807) is 7.11 Å². The van der Waals surface area contributed by atoms with Crippen LogP contribution in [0.3, 0.4) is 0 Å². The first-order valence-corrected chi connectivity index (χ1v) is 7.96. The van der Waals surface area contributed by atoms with E-state index in [0.29, 0.717) is 23.8 Å². The molecule has 3 rings (SSSR count). The third kappa shape index (κ3) is 3.02. The van der Waals surface area contributed by atoms with Crippen molar-refractivity contribution < 1.29 is 19.0 Å². The van der Waals surface area contributed by atoms with E-state index >= 15 is 0 Å². The first kappa shape index (κ1) is 16.2. The number of amides is 1. The second-order valence-electron chi connectivity index (χ2n) is 6.02. The average molecular weight is 327 g/mol. The molecule has 126 valence electrons. The third-order valence-electron chi connectivity index (χ3n) is 3.74. The molecule has 1 amide bonds. The number of anilines is 1. The van der Waals surface area contributed by atoms with E-state index < -0.39 is 12.3 Å². The second kappa shape index (κ2) is 6.83. The molecule has 0 N–H and O–H groups in total. The van der Waals surface area contributed by atoms with Crippen molar-refractivity contribution in [2.75, 3.05) is 18.6 Å². The molecule has 1 unspecified atom stereocenters. The summed E-state index contributed by atoms with van der Waals surface area (Å²) in [6.07, 6.45) is -1.04. The second-order valence-corrected chi connectivity index (χ2v) is 6.02. The standard InChI is InChI=1S/C19H21NO4/c1-13(2)12-23-19(21)20-15-9-5-7-11-17(15)24-18(20)14-8-4-6-10-16(14)22-3/h4-11,13,18H,12H2,1-3H3. The number of ether oxygens (including phenoxy) is 3. The minimum Gasteiger partial charge on any atom is -0.496 e. The molecule has 0 bridgehead atoms. The van der Waals surface area contributed by atoms with Gasteiger partial charge in [0.2, 0.25) is 6.23 Å². The quantitative estimate of drug-likeness (QED) is 0.836. The lowest BCUT2D eigenvalue weighted by atomic mass is 10.1. The van der Waals surface area contributed by atoms with Crippen molar-refractivity contribution in [1.29, 1.82) is 0 Å². The number of fused-ring (bicyclic) bond motifs is 1. The van der Waals surface area contributed by atoms with Gasteiger partial charge in [-0.05, 0) is 30.2 Å². The molecule has 0 aliphatic carbocycles. The van der Waals surface area contributed by atoms with Crippen LogP contribution in [0.4, 0.5) is 10.5 Å². The molecule has 2 aromatic carbocycles. The molecule has 1 heterocycles. The lowest BCUT2D eigenvalue weighted by Gasteiger charge is -2.24. The van der Waals surface area contributed by atoms with Crippen molar-refractivity contribution in [2.45, 2.75) is 20.1 Å². The number of para-hydroxylation sites is 3. The van der Waals surface area contributed by atoms with Crippen LogP contribution in [0.1, 0.15) is 25.6 Å². The number of carbonyl (C=O) groups excluding carboxylic acids is 1. The molecule has 1 aliphatic heterocycles. The van der Waals surface area contributed by atoms with Gasteiger partial charge in [-0.2, -0.15) is 0 Å². The highest BCUT2D eigenvalue weighted by Crippen LogP contribution is 2.45. The first-order valence-electron chi connectivity index (χ1n) is 7.96. The molecule has 0 spiro atoms. The molecule has 0 fully saturated rings. The van der Waals surface area contributed by atoms with Gasteiger partial charge in [0.05, 0.1) is 25.0 Å². The molecule has 0 radical (unpaired) electrons. The van der Waals surface area contributed by atoms with Crippen LogP contribution >= 0.6 is 0 Å². The van der Waals surface area contributed by atoms with E-state index in [9.17, 15) is 4.79 Å². The molecule has 5 nitrogen and oxygen atoms in total. The van der Waals surface area contributed by atoms with Gasteiger partial charge in [-0.25, -0.2) is 9.69 Å². The third-order valence-corrected chi connectivity index (χ3v) is 3.74. The van der Waals surface area contributed by atoms with Crippen molar-refractivity contribution in [1.82, 2.24) is 0 Å². The monoisotopic (exact) mass is 327 g/mol. The fourth-order valence-electron chi connectivity index (χ4n) is 2.63. The number of hydrogen-bond acceptors (Lipinski definition) is 4. The zero-order valence-electron chi connectivity index (χ0n) is 14.1. The van der Waals surface area contributed by atoms with Gasteiger partial charge in [-0.1, -0.05) is 38.1 Å². The van der Waals surface area contributed by atoms with E-state index in [2.05, 4.69) is 0 Å². The Hall–Kier alpha value is -2.69. The summed E-state index contributed by atoms with van der Waals surface area (Å²) in [6.45, 7) is 4.36. The van der Waals surface area contributed by atoms with Crippen LogP contribution in [-0.4, -0.2) is 19.8 Å². The molecule has 1 atom stereocenters. The maximum atomic E-state index is 12.7. The average Bonchev–Trinajstić information content (AvgIpc) is 2.99. The molecular weight excluding hydrogens is 306 g/mol. The lowest BCUT2D eigenvalue weighted by Crippen LogP contribution is -2.35. The van der Waals surface area contributed by atoms with Gasteiger partial charge in [-0.15, -0.1) is 0 Å². The number of rotatable bonds is 4. The number of carbonyl (C=O) groups is 1. The highest BCUT2D eigenvalue weighted by atomic mass is 16.6. The van der Waals surface area contributed by atoms with Crippen LogP contribution < -0.4 is 14.4 Å². The Labute approximate surface area is 141 Å². The smallest absolute Gasteiger partial charge is 0.417 e. The summed E-state index contributed by atoms with van der Waals surface area (Å²) >= 11 is 0. The summed E-state index contributed by atoms with van der Waals surface area (Å²) in [4.78, 5) is 14.2. The van der Waals surface area contributed by atoms with Crippen LogP contribution in [0.15, 0.2) is 48.5 Å². The molecule has 0 saturated carbocycles. The summed E-state index contributed by atoms with van der Waals surface area (Å²) in [7, 11) is 1.60. The van der Waals surface area contributed by atoms with Gasteiger partial charge in [-0.3, -0.25) is 0 Å². The van der Waals surface area contributed by atoms with E-state index in [4.69, 9.17) is 14.2 Å². The van der Waals surface area contributed by atoms with E-state index in [1.165, 1.54) is 4.90 Å². The van der Waals surface area contributed by atoms with Crippen molar-refractivity contribution in [3.05, 3.63) is 54.1 Å². The van der Waals surface area contributed by atoms with Gasteiger partial charge in [0.15, 0.2) is 0 Å². The SMILES string of the molecule is COc1ccccc1C1Oc2ccccc2N1C(=O)OCC(C)C. The Morgan fingerprint density at radius 1 is 1.17 bits per heavy atom. The highest BCUT2D eigenvalue weighted by Gasteiger charge is 2.39. The molecule has 5 heteroatoms. The highest BCUT2D eigenvalue weighted by molar-refractivity contribution is 5.92. The number of nitrogens with zero attached hydrogens (tertiary/aromatic N) is 1. The Balaban J connectivity index is 1.97. The number of methoxy groups -OCH3 is 1. The van der Waals surface area contributed by atoms with Gasteiger partial charge in [0.25, 0.3) is 0 Å². The number of benzene rings is 2. The topological polar surface area (TPSA) is 48.0 Å². The molecule has 24 heavy (non-hydrogen) atoms. The van der Waals surface area contributed by atoms with Gasteiger partial charge >= 0.3 is 6.09 Å². The summed E-state index contributed by atoms with van der Waals surface area (Å²) < 4.78 is 16.9. The minimum atomic E-state index is -0.613. The largest absolute Gasteiger partial charge is 0.496 e. The Morgan fingerprint density at radius 3 is 2.62 bits per heavy atom. The maximum Gasteiger partial charge on any atom is 0.417 e. The lowest BCUT2D eigenvalue weighted by molar-refractivity contribution is 0.126. The van der Waals surface area contributed by atoms with Crippen LogP contribution in [-0.2, 0) is 4.74 Å². The fraction of sp³-hybridized carbons (Fsp3) is 0.316. The fourth-order valence-corrected chi connectivity index (χ4v) is 2.63. The van der Waals surface area contributed by atoms with E-state index in [0.717, 1.165) is 5.56 Å². The van der Waals surface area contributed by atoms with Crippen LogP contribution in [0.2, 0.25) is 0 Å². The Kier molecular flexibility index (Phi) is 4.60. The normalized spacial score (nSPS) is 15.8. The predicted molar refractivity (Wildman–Crippen MR) is 91.5 cm³/mol. The van der Waals surface area contributed by atoms with Gasteiger partial charge in [0, 0.05) is 0 Å². The van der Waals surface area contributed by atoms with Crippen LogP contribution in [0, 0.1) is 5.92 Å². The van der Waals surface area contributed by atoms with Crippen molar-refractivity contribution in [2.24, 2.45) is 5.92 Å². The predicted octanol–water partition coefficient (Wildman–Crippen LogP) is 4.39. The Bertz CT molecular complexity index is 729. The zero-order valence-corrected chi connectivity index (χ0v) is 14.1. The van der Waals surface area contributed by atoms with Crippen molar-refractivity contribution >= 4 is 11.8 Å². The van der Waals surface area contributed by atoms with Crippen LogP contribution in [0.5, 0.6) is 11.5 Å². The summed E-state index contributed by atoms with van der Waals surface area (Å²) in [5, 5.41) is 0. The molecule has 2 aromatic rings. The Morgan fingerprint density at radius 2 is 1.88 bits per heavy atom. The molecule has 0 aromatic heterocycles. The first-order chi connectivity index (χ1) is 11.6. The minimum absolute atomic E-state index is 0.262. The summed E-state index contributed by atoms with van der Waals surface area (Å²) in [5.41, 5.74) is 1.47. The van der Waals surface area contributed by atoms with E-state index in [-0.39, 0.29) is 5.92 Å². The van der Waals surface area contributed by atoms with Crippen molar-refractivity contribution in [3.8, 4) is 11.5 Å². The van der Waals surface area contributed by atoms with Crippen LogP contribution in [0.25, 0.3) is 0 Å². The van der Waals surface area contributed by atoms with Gasteiger partial charge < -0.3 is 14.2 Å². The summed E-state index contributed by atoms with van der Waals surface area (Å²) in [6, 6.07) is 14.9. The van der Waals surface area contributed by atoms with Crippen molar-refractivity contribution in [3.63, 3.8) is 0 Å². The maximum absolute atomic E-state index is 12.7. The zero-order chi connectivity index (χ0) is 17.1. The molecular formula is C19H21NO4. The molecule has 0 saturated heterocycles. The van der Waals surface area contributed by atoms with Gasteiger partial charge in [0.1, 0.15) is 11.5 Å². The molecule has 1 aliphatic rings. The van der Waals surface area contributed by atoms with E-state index in [1.807, 2.05) is 62.4 Å². The summed E-state index contributed by atoms with van der Waals surface area (Å²) in [5.74, 6) is 1.57.